The van der Waals surface area contributed by atoms with Crippen LogP contribution < -0.4 is 16.8 Å². The Bertz CT molecular complexity index is 171. The predicted molar refractivity (Wildman–Crippen MR) is 40.4 cm³/mol. The minimum absolute atomic E-state index is 0.574. The van der Waals surface area contributed by atoms with Gasteiger partial charge in [-0.2, -0.15) is 0 Å². The van der Waals surface area contributed by atoms with Crippen LogP contribution in [0.25, 0.3) is 0 Å². The number of hydrogen-bond acceptors (Lipinski definition) is 3. The molecular weight excluding hydrogens is 182 g/mol. The van der Waals surface area contributed by atoms with Gasteiger partial charge in [0.25, 0.3) is 0 Å². The molecule has 3 nitrogen and oxygen atoms in total. The van der Waals surface area contributed by atoms with Crippen LogP contribution in [-0.2, 0) is 0 Å². The molecule has 0 amide bonds. The van der Waals surface area contributed by atoms with Gasteiger partial charge in [-0.15, -0.1) is 0 Å². The van der Waals surface area contributed by atoms with Gasteiger partial charge in [0.2, 0.25) is 0 Å². The van der Waals surface area contributed by atoms with Gasteiger partial charge in [-0.3, -0.25) is 5.73 Å². The van der Waals surface area contributed by atoms with E-state index in [2.05, 4.69) is 21.2 Å². The summed E-state index contributed by atoms with van der Waals surface area (Å²) < 4.78 is -0.748. The largest absolute Gasteiger partial charge is 0.398 e. The molecule has 9 heavy (non-hydrogen) atoms. The molecule has 0 aromatic rings. The predicted octanol–water partition coefficient (Wildman–Crippen LogP) is -0.0467. The van der Waals surface area contributed by atoms with Crippen LogP contribution >= 0.6 is 15.9 Å². The van der Waals surface area contributed by atoms with Gasteiger partial charge in [0.1, 0.15) is 0 Å². The fourth-order valence-corrected chi connectivity index (χ4v) is 0.790. The topological polar surface area (TPSA) is 64.1 Å². The number of nitrogens with one attached hydrogen (secondary N) is 1. The Kier molecular flexibility index (Phi) is 1.50. The summed E-state index contributed by atoms with van der Waals surface area (Å²) in [5.74, 6) is 0. The summed E-state index contributed by atoms with van der Waals surface area (Å²) in [7, 11) is 0. The third-order valence-electron chi connectivity index (χ3n) is 1.09. The van der Waals surface area contributed by atoms with Crippen LogP contribution in [0.15, 0.2) is 24.0 Å². The molecule has 0 spiro atoms. The Hall–Kier alpha value is -0.480. The number of allylic oxidation sites excluding steroid dienone is 2. The molecule has 0 saturated heterocycles. The maximum Gasteiger partial charge on any atom is 0.184 e. The standard InChI is InChI=1S/C5H8BrN3/c6-5(8)4(7)2-1-3-9-5/h1-3,9H,7-8H2. The Labute approximate surface area is 61.9 Å². The number of alkyl halides is 1. The first-order chi connectivity index (χ1) is 4.13. The van der Waals surface area contributed by atoms with Crippen molar-refractivity contribution in [1.82, 2.24) is 5.32 Å². The fraction of sp³-hybridized carbons (Fsp3) is 0.200. The molecule has 1 rings (SSSR count). The number of halogens is 1. The summed E-state index contributed by atoms with van der Waals surface area (Å²) in [5.41, 5.74) is 11.6. The Morgan fingerprint density at radius 3 is 2.67 bits per heavy atom. The van der Waals surface area contributed by atoms with Crippen molar-refractivity contribution in [2.75, 3.05) is 0 Å². The van der Waals surface area contributed by atoms with Crippen molar-refractivity contribution in [3.05, 3.63) is 24.0 Å². The van der Waals surface area contributed by atoms with Crippen LogP contribution in [0.2, 0.25) is 0 Å². The van der Waals surface area contributed by atoms with Crippen LogP contribution in [-0.4, -0.2) is 4.57 Å². The molecule has 1 aliphatic heterocycles. The molecule has 0 aromatic heterocycles. The first kappa shape index (κ1) is 6.64. The van der Waals surface area contributed by atoms with Gasteiger partial charge in [0, 0.05) is 0 Å². The second-order valence-electron chi connectivity index (χ2n) is 1.84. The Balaban J connectivity index is 2.83. The highest BCUT2D eigenvalue weighted by molar-refractivity contribution is 9.10. The third kappa shape index (κ3) is 1.25. The first-order valence-electron chi connectivity index (χ1n) is 2.51. The van der Waals surface area contributed by atoms with Crippen molar-refractivity contribution in [3.63, 3.8) is 0 Å². The van der Waals surface area contributed by atoms with Crippen LogP contribution in [0, 0.1) is 0 Å². The second-order valence-corrected chi connectivity index (χ2v) is 3.09. The average molecular weight is 190 g/mol. The van der Waals surface area contributed by atoms with E-state index in [4.69, 9.17) is 11.5 Å². The minimum atomic E-state index is -0.748. The van der Waals surface area contributed by atoms with E-state index in [1.54, 1.807) is 18.4 Å². The summed E-state index contributed by atoms with van der Waals surface area (Å²) >= 11 is 3.18. The van der Waals surface area contributed by atoms with Crippen molar-refractivity contribution in [2.45, 2.75) is 4.57 Å². The summed E-state index contributed by atoms with van der Waals surface area (Å²) in [5, 5.41) is 2.83. The molecule has 4 heteroatoms. The summed E-state index contributed by atoms with van der Waals surface area (Å²) in [6.07, 6.45) is 5.26. The van der Waals surface area contributed by atoms with Crippen LogP contribution in [0.4, 0.5) is 0 Å². The fourth-order valence-electron chi connectivity index (χ4n) is 0.526. The molecule has 1 heterocycles. The van der Waals surface area contributed by atoms with E-state index in [1.807, 2.05) is 0 Å². The third-order valence-corrected chi connectivity index (χ3v) is 1.77. The molecule has 1 unspecified atom stereocenters. The Morgan fingerprint density at radius 1 is 1.67 bits per heavy atom. The smallest absolute Gasteiger partial charge is 0.184 e. The lowest BCUT2D eigenvalue weighted by Crippen LogP contribution is -2.50. The molecule has 0 saturated carbocycles. The van der Waals surface area contributed by atoms with E-state index in [0.717, 1.165) is 0 Å². The molecule has 0 fully saturated rings. The van der Waals surface area contributed by atoms with Crippen LogP contribution in [0.5, 0.6) is 0 Å². The molecule has 0 bridgehead atoms. The lowest BCUT2D eigenvalue weighted by Gasteiger charge is -2.25. The highest BCUT2D eigenvalue weighted by Crippen LogP contribution is 2.15. The minimum Gasteiger partial charge on any atom is -0.398 e. The SMILES string of the molecule is NC1=CC=CNC1(N)Br. The highest BCUT2D eigenvalue weighted by atomic mass is 79.9. The Morgan fingerprint density at radius 2 is 2.33 bits per heavy atom. The van der Waals surface area contributed by atoms with Crippen molar-refractivity contribution in [3.8, 4) is 0 Å². The van der Waals surface area contributed by atoms with E-state index in [1.165, 1.54) is 0 Å². The van der Waals surface area contributed by atoms with Crippen molar-refractivity contribution < 1.29 is 0 Å². The van der Waals surface area contributed by atoms with Crippen molar-refractivity contribution >= 4 is 15.9 Å². The van der Waals surface area contributed by atoms with Gasteiger partial charge in [-0.05, 0) is 34.3 Å². The van der Waals surface area contributed by atoms with E-state index in [0.29, 0.717) is 5.70 Å². The normalized spacial score (nSPS) is 33.3. The lowest BCUT2D eigenvalue weighted by molar-refractivity contribution is 0.635. The zero-order chi connectivity index (χ0) is 6.91. The molecule has 50 valence electrons. The van der Waals surface area contributed by atoms with E-state index < -0.39 is 4.57 Å². The number of hydrogen-bond donors (Lipinski definition) is 3. The molecule has 5 N–H and O–H groups in total. The second kappa shape index (κ2) is 2.04. The van der Waals surface area contributed by atoms with Crippen LogP contribution in [0.3, 0.4) is 0 Å². The first-order valence-corrected chi connectivity index (χ1v) is 3.30. The zero-order valence-electron chi connectivity index (χ0n) is 4.76. The zero-order valence-corrected chi connectivity index (χ0v) is 6.35. The molecular formula is C5H8BrN3. The lowest BCUT2D eigenvalue weighted by atomic mass is 10.3. The van der Waals surface area contributed by atoms with Crippen molar-refractivity contribution in [1.29, 1.82) is 0 Å². The van der Waals surface area contributed by atoms with Crippen LogP contribution in [0.1, 0.15) is 0 Å². The number of nitrogens with two attached hydrogens (primary N) is 2. The van der Waals surface area contributed by atoms with Gasteiger partial charge in [-0.25, -0.2) is 0 Å². The summed E-state index contributed by atoms with van der Waals surface area (Å²) in [6, 6.07) is 0. The monoisotopic (exact) mass is 189 g/mol. The molecule has 1 aliphatic rings. The molecule has 0 radical (unpaired) electrons. The van der Waals surface area contributed by atoms with E-state index in [-0.39, 0.29) is 0 Å². The maximum atomic E-state index is 5.58. The summed E-state index contributed by atoms with van der Waals surface area (Å²) in [4.78, 5) is 0. The number of dihydropyridines is 1. The van der Waals surface area contributed by atoms with Gasteiger partial charge in [0.15, 0.2) is 4.57 Å². The van der Waals surface area contributed by atoms with Gasteiger partial charge in [0.05, 0.1) is 5.70 Å². The highest BCUT2D eigenvalue weighted by Gasteiger charge is 2.22. The number of rotatable bonds is 0. The maximum absolute atomic E-state index is 5.58. The summed E-state index contributed by atoms with van der Waals surface area (Å²) in [6.45, 7) is 0. The van der Waals surface area contributed by atoms with E-state index >= 15 is 0 Å². The van der Waals surface area contributed by atoms with Gasteiger partial charge in [-0.1, -0.05) is 0 Å². The molecule has 1 atom stereocenters. The van der Waals surface area contributed by atoms with E-state index in [9.17, 15) is 0 Å². The quantitative estimate of drug-likeness (QED) is 0.370. The molecule has 0 aromatic carbocycles. The van der Waals surface area contributed by atoms with Gasteiger partial charge < -0.3 is 11.1 Å². The van der Waals surface area contributed by atoms with Gasteiger partial charge >= 0.3 is 0 Å². The average Bonchev–Trinajstić information content (AvgIpc) is 1.77. The van der Waals surface area contributed by atoms with Crippen molar-refractivity contribution in [2.24, 2.45) is 11.5 Å². The molecule has 0 aliphatic carbocycles.